The minimum atomic E-state index is -0.610. The van der Waals surface area contributed by atoms with Crippen LogP contribution in [0.5, 0.6) is 11.5 Å². The second-order valence-corrected chi connectivity index (χ2v) is 9.50. The molecule has 5 rings (SSSR count). The molecule has 178 valence electrons. The van der Waals surface area contributed by atoms with Crippen LogP contribution in [-0.4, -0.2) is 51.5 Å². The summed E-state index contributed by atoms with van der Waals surface area (Å²) < 4.78 is 12.1. The van der Waals surface area contributed by atoms with Crippen molar-refractivity contribution in [1.82, 2.24) is 14.9 Å². The van der Waals surface area contributed by atoms with Gasteiger partial charge in [-0.15, -0.1) is 0 Å². The Morgan fingerprint density at radius 3 is 2.56 bits per heavy atom. The second-order valence-electron chi connectivity index (χ2n) is 8.69. The lowest BCUT2D eigenvalue weighted by Crippen LogP contribution is -2.50. The van der Waals surface area contributed by atoms with E-state index in [0.717, 1.165) is 42.3 Å². The minimum absolute atomic E-state index is 0.0215. The van der Waals surface area contributed by atoms with E-state index in [1.807, 2.05) is 18.2 Å². The van der Waals surface area contributed by atoms with Crippen LogP contribution < -0.4 is 14.8 Å². The summed E-state index contributed by atoms with van der Waals surface area (Å²) in [5, 5.41) is 15.4. The van der Waals surface area contributed by atoms with E-state index in [9.17, 15) is 5.11 Å². The molecule has 0 amide bonds. The average molecular weight is 501 g/mol. The smallest absolute Gasteiger partial charge is 0.162 e. The predicted octanol–water partition coefficient (Wildman–Crippen LogP) is 5.57. The molecular weight excluding hydrogens is 475 g/mol. The van der Waals surface area contributed by atoms with Gasteiger partial charge in [0.25, 0.3) is 0 Å². The van der Waals surface area contributed by atoms with Gasteiger partial charge in [0.15, 0.2) is 11.5 Å². The molecule has 0 radical (unpaired) electrons. The van der Waals surface area contributed by atoms with Gasteiger partial charge in [0.1, 0.15) is 24.5 Å². The molecular formula is C25H26Cl2N4O3. The molecule has 0 spiro atoms. The molecule has 34 heavy (non-hydrogen) atoms. The fourth-order valence-corrected chi connectivity index (χ4v) is 5.42. The molecule has 0 saturated carbocycles. The molecule has 2 aliphatic rings. The normalized spacial score (nSPS) is 23.0. The van der Waals surface area contributed by atoms with Crippen LogP contribution in [0, 0.1) is 0 Å². The zero-order valence-electron chi connectivity index (χ0n) is 18.7. The van der Waals surface area contributed by atoms with Crippen LogP contribution in [0.2, 0.25) is 10.0 Å². The molecule has 1 aromatic heterocycles. The van der Waals surface area contributed by atoms with E-state index in [-0.39, 0.29) is 18.2 Å². The van der Waals surface area contributed by atoms with Crippen LogP contribution in [0.25, 0.3) is 10.9 Å². The van der Waals surface area contributed by atoms with Crippen molar-refractivity contribution in [2.75, 3.05) is 12.4 Å². The number of halogens is 2. The molecule has 2 saturated heterocycles. The molecule has 2 fully saturated rings. The topological polar surface area (TPSA) is 79.7 Å². The Bertz CT molecular complexity index is 1210. The van der Waals surface area contributed by atoms with Gasteiger partial charge in [-0.2, -0.15) is 0 Å². The summed E-state index contributed by atoms with van der Waals surface area (Å²) in [4.78, 5) is 11.0. The Balaban J connectivity index is 1.43. The Kier molecular flexibility index (Phi) is 6.53. The number of aromatic nitrogens is 2. The molecule has 2 aromatic carbocycles. The number of nitrogens with zero attached hydrogens (tertiary/aromatic N) is 3. The quantitative estimate of drug-likeness (QED) is 0.410. The highest BCUT2D eigenvalue weighted by Crippen LogP contribution is 2.41. The molecule has 3 unspecified atom stereocenters. The summed E-state index contributed by atoms with van der Waals surface area (Å²) >= 11 is 12.2. The highest BCUT2D eigenvalue weighted by molar-refractivity contribution is 6.42. The first kappa shape index (κ1) is 23.2. The van der Waals surface area contributed by atoms with Crippen LogP contribution >= 0.6 is 23.2 Å². The number of hydrogen-bond donors (Lipinski definition) is 2. The molecule has 9 heteroatoms. The van der Waals surface area contributed by atoms with Gasteiger partial charge in [0.2, 0.25) is 0 Å². The Hall–Kier alpha value is -2.58. The molecule has 2 bridgehead atoms. The number of fused-ring (bicyclic) bond motifs is 3. The van der Waals surface area contributed by atoms with Crippen LogP contribution in [0.4, 0.5) is 11.5 Å². The summed E-state index contributed by atoms with van der Waals surface area (Å²) in [6.45, 7) is 3.75. The maximum Gasteiger partial charge on any atom is 0.162 e. The lowest BCUT2D eigenvalue weighted by molar-refractivity contribution is -0.0431. The molecule has 2 N–H and O–H groups in total. The van der Waals surface area contributed by atoms with E-state index in [1.54, 1.807) is 25.3 Å². The number of rotatable bonds is 7. The van der Waals surface area contributed by atoms with Gasteiger partial charge >= 0.3 is 0 Å². The highest BCUT2D eigenvalue weighted by atomic mass is 35.5. The van der Waals surface area contributed by atoms with Gasteiger partial charge < -0.3 is 19.9 Å². The predicted molar refractivity (Wildman–Crippen MR) is 134 cm³/mol. The summed E-state index contributed by atoms with van der Waals surface area (Å²) in [6, 6.07) is 9.65. The molecule has 7 nitrogen and oxygen atoms in total. The van der Waals surface area contributed by atoms with Crippen molar-refractivity contribution >= 4 is 45.6 Å². The fourth-order valence-electron chi connectivity index (χ4n) is 5.12. The fraction of sp³-hybridized carbons (Fsp3) is 0.360. The summed E-state index contributed by atoms with van der Waals surface area (Å²) in [5.41, 5.74) is 1.49. The Morgan fingerprint density at radius 1 is 1.12 bits per heavy atom. The van der Waals surface area contributed by atoms with Crippen molar-refractivity contribution in [3.8, 4) is 11.5 Å². The summed E-state index contributed by atoms with van der Waals surface area (Å²) in [7, 11) is 1.62. The van der Waals surface area contributed by atoms with Gasteiger partial charge in [-0.1, -0.05) is 29.8 Å². The first-order valence-corrected chi connectivity index (χ1v) is 12.0. The number of anilines is 2. The van der Waals surface area contributed by atoms with Crippen molar-refractivity contribution < 1.29 is 14.6 Å². The number of aliphatic hydroxyl groups is 1. The third kappa shape index (κ3) is 4.41. The number of piperidine rings is 1. The van der Waals surface area contributed by atoms with Gasteiger partial charge in [0, 0.05) is 29.2 Å². The molecule has 3 heterocycles. The Morgan fingerprint density at radius 2 is 1.88 bits per heavy atom. The maximum absolute atomic E-state index is 10.3. The van der Waals surface area contributed by atoms with Crippen molar-refractivity contribution in [2.45, 2.75) is 50.1 Å². The zero-order chi connectivity index (χ0) is 23.8. The third-order valence-corrected chi connectivity index (χ3v) is 7.40. The second kappa shape index (κ2) is 9.58. The van der Waals surface area contributed by atoms with E-state index in [1.165, 1.54) is 6.33 Å². The zero-order valence-corrected chi connectivity index (χ0v) is 20.3. The van der Waals surface area contributed by atoms with Gasteiger partial charge in [-0.25, -0.2) is 9.97 Å². The summed E-state index contributed by atoms with van der Waals surface area (Å²) in [5.74, 6) is 1.89. The SMILES string of the molecule is C=CC(O)N1C2CCC1CC(Oc1cc3c(Nc4ccc(Cl)c(Cl)c4)ncnc3cc1OC)C2. The van der Waals surface area contributed by atoms with Crippen LogP contribution in [0.3, 0.4) is 0 Å². The van der Waals surface area contributed by atoms with Gasteiger partial charge in [-0.05, 0) is 56.0 Å². The number of hydrogen-bond acceptors (Lipinski definition) is 7. The molecule has 0 aliphatic carbocycles. The largest absolute Gasteiger partial charge is 0.493 e. The lowest BCUT2D eigenvalue weighted by Gasteiger charge is -2.40. The highest BCUT2D eigenvalue weighted by Gasteiger charge is 2.43. The van der Waals surface area contributed by atoms with Crippen molar-refractivity contribution in [3.05, 3.63) is 59.4 Å². The number of nitrogens with one attached hydrogen (secondary N) is 1. The van der Waals surface area contributed by atoms with Crippen molar-refractivity contribution in [2.24, 2.45) is 0 Å². The van der Waals surface area contributed by atoms with Crippen molar-refractivity contribution in [3.63, 3.8) is 0 Å². The monoisotopic (exact) mass is 500 g/mol. The van der Waals surface area contributed by atoms with E-state index in [4.69, 9.17) is 32.7 Å². The number of aliphatic hydroxyl groups excluding tert-OH is 1. The van der Waals surface area contributed by atoms with E-state index >= 15 is 0 Å². The van der Waals surface area contributed by atoms with Crippen LogP contribution in [0.15, 0.2) is 49.3 Å². The van der Waals surface area contributed by atoms with Crippen LogP contribution in [-0.2, 0) is 0 Å². The number of benzene rings is 2. The first-order valence-electron chi connectivity index (χ1n) is 11.3. The molecule has 2 aliphatic heterocycles. The lowest BCUT2D eigenvalue weighted by atomic mass is 9.99. The Labute approximate surface area is 208 Å². The van der Waals surface area contributed by atoms with E-state index in [0.29, 0.717) is 27.4 Å². The third-order valence-electron chi connectivity index (χ3n) is 6.66. The average Bonchev–Trinajstić information content (AvgIpc) is 3.11. The van der Waals surface area contributed by atoms with Crippen molar-refractivity contribution in [1.29, 1.82) is 0 Å². The van der Waals surface area contributed by atoms with Gasteiger partial charge in [0.05, 0.1) is 22.7 Å². The van der Waals surface area contributed by atoms with E-state index in [2.05, 4.69) is 26.8 Å². The summed E-state index contributed by atoms with van der Waals surface area (Å²) in [6.07, 6.45) is 6.28. The van der Waals surface area contributed by atoms with Crippen LogP contribution in [0.1, 0.15) is 25.7 Å². The minimum Gasteiger partial charge on any atom is -0.493 e. The first-order chi connectivity index (χ1) is 16.5. The maximum atomic E-state index is 10.3. The van der Waals surface area contributed by atoms with Gasteiger partial charge in [-0.3, -0.25) is 4.90 Å². The molecule has 3 aromatic rings. The van der Waals surface area contributed by atoms with E-state index < -0.39 is 6.23 Å². The molecule has 3 atom stereocenters. The number of ether oxygens (including phenoxy) is 2. The number of methoxy groups -OCH3 is 1. The standard InChI is InChI=1S/C25H26Cl2N4O3/c1-3-24(32)31-15-5-6-16(31)10-17(9-15)34-23-11-18-21(12-22(23)33-2)28-13-29-25(18)30-14-4-7-19(26)20(27)8-14/h3-4,7-8,11-13,15-17,24,32H,1,5-6,9-10H2,2H3,(H,28,29,30).